The molecule has 0 aliphatic rings. The van der Waals surface area contributed by atoms with Gasteiger partial charge in [0.1, 0.15) is 6.33 Å². The van der Waals surface area contributed by atoms with E-state index in [9.17, 15) is 10.1 Å². The summed E-state index contributed by atoms with van der Waals surface area (Å²) in [5.74, 6) is 1.16. The quantitative estimate of drug-likeness (QED) is 0.520. The number of nitrogens with one attached hydrogen (secondary N) is 1. The van der Waals surface area contributed by atoms with Crippen molar-refractivity contribution in [1.82, 2.24) is 9.97 Å². The summed E-state index contributed by atoms with van der Waals surface area (Å²) in [6.07, 6.45) is 1.35. The van der Waals surface area contributed by atoms with Gasteiger partial charge in [0.25, 0.3) is 0 Å². The van der Waals surface area contributed by atoms with Crippen molar-refractivity contribution in [3.8, 4) is 0 Å². The van der Waals surface area contributed by atoms with E-state index in [4.69, 9.17) is 11.6 Å². The smallest absolute Gasteiger partial charge is 0.350 e. The van der Waals surface area contributed by atoms with Gasteiger partial charge in [-0.25, -0.2) is 9.97 Å². The summed E-state index contributed by atoms with van der Waals surface area (Å²) in [7, 11) is 0. The van der Waals surface area contributed by atoms with Crippen molar-refractivity contribution in [2.75, 3.05) is 23.3 Å². The zero-order chi connectivity index (χ0) is 19.3. The number of nitro groups is 1. The average Bonchev–Trinajstić information content (AvgIpc) is 2.53. The number of hydrogen-bond donors (Lipinski definition) is 1. The fourth-order valence-electron chi connectivity index (χ4n) is 2.69. The molecule has 140 valence electrons. The van der Waals surface area contributed by atoms with E-state index in [0.29, 0.717) is 41.5 Å². The maximum absolute atomic E-state index is 11.8. The molecular formula is C18H24ClN5O2. The molecule has 0 atom stereocenters. The third kappa shape index (κ3) is 5.29. The Balaban J connectivity index is 2.47. The highest BCUT2D eigenvalue weighted by Gasteiger charge is 2.28. The lowest BCUT2D eigenvalue weighted by Crippen LogP contribution is -2.32. The second kappa shape index (κ2) is 8.80. The van der Waals surface area contributed by atoms with Gasteiger partial charge in [0.15, 0.2) is 0 Å². The minimum atomic E-state index is -0.435. The van der Waals surface area contributed by atoms with Gasteiger partial charge in [-0.05, 0) is 30.0 Å². The first-order chi connectivity index (χ1) is 12.3. The molecule has 0 unspecified atom stereocenters. The molecule has 1 heterocycles. The molecule has 0 bridgehead atoms. The lowest BCUT2D eigenvalue weighted by atomic mass is 10.1. The van der Waals surface area contributed by atoms with Crippen LogP contribution in [0.1, 0.15) is 27.7 Å². The van der Waals surface area contributed by atoms with Crippen molar-refractivity contribution in [3.63, 3.8) is 0 Å². The van der Waals surface area contributed by atoms with Gasteiger partial charge in [0.2, 0.25) is 11.6 Å². The van der Waals surface area contributed by atoms with Crippen LogP contribution in [0.5, 0.6) is 0 Å². The van der Waals surface area contributed by atoms with Crippen molar-refractivity contribution in [3.05, 3.63) is 45.7 Å². The molecule has 0 spiro atoms. The van der Waals surface area contributed by atoms with E-state index in [0.717, 1.165) is 0 Å². The Morgan fingerprint density at radius 1 is 1.19 bits per heavy atom. The van der Waals surface area contributed by atoms with E-state index in [2.05, 4.69) is 43.0 Å². The summed E-state index contributed by atoms with van der Waals surface area (Å²) in [4.78, 5) is 21.7. The number of aromatic nitrogens is 2. The van der Waals surface area contributed by atoms with Crippen LogP contribution in [-0.4, -0.2) is 28.0 Å². The van der Waals surface area contributed by atoms with Gasteiger partial charge in [-0.1, -0.05) is 45.4 Å². The molecule has 2 rings (SSSR count). The molecule has 0 saturated heterocycles. The third-order valence-corrected chi connectivity index (χ3v) is 3.78. The molecule has 0 saturated carbocycles. The molecule has 0 radical (unpaired) electrons. The molecule has 1 aromatic carbocycles. The fourth-order valence-corrected chi connectivity index (χ4v) is 2.88. The highest BCUT2D eigenvalue weighted by Crippen LogP contribution is 2.34. The highest BCUT2D eigenvalue weighted by molar-refractivity contribution is 6.30. The van der Waals surface area contributed by atoms with E-state index < -0.39 is 4.92 Å². The average molecular weight is 378 g/mol. The summed E-state index contributed by atoms with van der Waals surface area (Å²) in [5, 5.41) is 15.3. The zero-order valence-electron chi connectivity index (χ0n) is 15.4. The normalized spacial score (nSPS) is 11.0. The molecule has 1 aromatic heterocycles. The van der Waals surface area contributed by atoms with Crippen molar-refractivity contribution in [2.45, 2.75) is 27.7 Å². The van der Waals surface area contributed by atoms with Crippen LogP contribution in [0.4, 0.5) is 23.0 Å². The van der Waals surface area contributed by atoms with Crippen molar-refractivity contribution in [2.24, 2.45) is 11.8 Å². The van der Waals surface area contributed by atoms with Gasteiger partial charge in [0, 0.05) is 23.8 Å². The molecule has 2 aromatic rings. The predicted octanol–water partition coefficient (Wildman–Crippen LogP) is 4.90. The summed E-state index contributed by atoms with van der Waals surface area (Å²) in [6.45, 7) is 9.65. The van der Waals surface area contributed by atoms with Crippen LogP contribution in [0, 0.1) is 22.0 Å². The van der Waals surface area contributed by atoms with E-state index in [1.807, 2.05) is 4.90 Å². The summed E-state index contributed by atoms with van der Waals surface area (Å²) in [5.41, 5.74) is 0.498. The SMILES string of the molecule is CC(C)CN(CC(C)C)c1ncnc(Nc2cccc(Cl)c2)c1[N+](=O)[O-]. The highest BCUT2D eigenvalue weighted by atomic mass is 35.5. The molecule has 0 aliphatic heterocycles. The lowest BCUT2D eigenvalue weighted by Gasteiger charge is -2.27. The maximum atomic E-state index is 11.8. The predicted molar refractivity (Wildman–Crippen MR) is 105 cm³/mol. The van der Waals surface area contributed by atoms with E-state index >= 15 is 0 Å². The Hall–Kier alpha value is -2.41. The van der Waals surface area contributed by atoms with Crippen molar-refractivity contribution < 1.29 is 4.92 Å². The third-order valence-electron chi connectivity index (χ3n) is 3.54. The minimum Gasteiger partial charge on any atom is -0.350 e. The van der Waals surface area contributed by atoms with Crippen molar-refractivity contribution in [1.29, 1.82) is 0 Å². The van der Waals surface area contributed by atoms with Crippen LogP contribution in [0.25, 0.3) is 0 Å². The number of rotatable bonds is 8. The van der Waals surface area contributed by atoms with Gasteiger partial charge in [-0.3, -0.25) is 10.1 Å². The molecule has 8 heteroatoms. The largest absolute Gasteiger partial charge is 0.353 e. The number of anilines is 3. The Morgan fingerprint density at radius 3 is 2.38 bits per heavy atom. The second-order valence-corrected chi connectivity index (χ2v) is 7.42. The van der Waals surface area contributed by atoms with Crippen LogP contribution < -0.4 is 10.2 Å². The molecule has 0 fully saturated rings. The second-order valence-electron chi connectivity index (χ2n) is 6.98. The molecule has 7 nitrogen and oxygen atoms in total. The Bertz CT molecular complexity index is 757. The van der Waals surface area contributed by atoms with E-state index in [-0.39, 0.29) is 11.5 Å². The van der Waals surface area contributed by atoms with Gasteiger partial charge in [0.05, 0.1) is 4.92 Å². The summed E-state index contributed by atoms with van der Waals surface area (Å²) < 4.78 is 0. The summed E-state index contributed by atoms with van der Waals surface area (Å²) in [6, 6.07) is 6.96. The van der Waals surface area contributed by atoms with Gasteiger partial charge in [-0.15, -0.1) is 0 Å². The number of halogens is 1. The molecular weight excluding hydrogens is 354 g/mol. The maximum Gasteiger partial charge on any atom is 0.353 e. The Kier molecular flexibility index (Phi) is 6.74. The molecule has 0 amide bonds. The van der Waals surface area contributed by atoms with Crippen LogP contribution in [-0.2, 0) is 0 Å². The Morgan fingerprint density at radius 2 is 1.85 bits per heavy atom. The van der Waals surface area contributed by atoms with Crippen LogP contribution in [0.15, 0.2) is 30.6 Å². The summed E-state index contributed by atoms with van der Waals surface area (Å²) >= 11 is 5.99. The van der Waals surface area contributed by atoms with E-state index in [1.165, 1.54) is 6.33 Å². The van der Waals surface area contributed by atoms with E-state index in [1.54, 1.807) is 24.3 Å². The molecule has 1 N–H and O–H groups in total. The van der Waals surface area contributed by atoms with Gasteiger partial charge >= 0.3 is 5.69 Å². The number of nitrogens with zero attached hydrogens (tertiary/aromatic N) is 4. The van der Waals surface area contributed by atoms with Crippen molar-refractivity contribution >= 4 is 34.6 Å². The first-order valence-electron chi connectivity index (χ1n) is 8.54. The topological polar surface area (TPSA) is 84.2 Å². The fraction of sp³-hybridized carbons (Fsp3) is 0.444. The minimum absolute atomic E-state index is 0.131. The first kappa shape index (κ1) is 19.9. The molecule has 26 heavy (non-hydrogen) atoms. The monoisotopic (exact) mass is 377 g/mol. The molecule has 0 aliphatic carbocycles. The lowest BCUT2D eigenvalue weighted by molar-refractivity contribution is -0.383. The van der Waals surface area contributed by atoms with Gasteiger partial charge in [-0.2, -0.15) is 0 Å². The van der Waals surface area contributed by atoms with Gasteiger partial charge < -0.3 is 10.2 Å². The first-order valence-corrected chi connectivity index (χ1v) is 8.92. The van der Waals surface area contributed by atoms with Crippen LogP contribution in [0.2, 0.25) is 5.02 Å². The Labute approximate surface area is 158 Å². The number of hydrogen-bond acceptors (Lipinski definition) is 6. The zero-order valence-corrected chi connectivity index (χ0v) is 16.2. The standard InChI is InChI=1S/C18H24ClN5O2/c1-12(2)9-23(10-13(3)4)18-16(24(25)26)17(20-11-21-18)22-15-7-5-6-14(19)8-15/h5-8,11-13H,9-10H2,1-4H3,(H,20,21,22). The van der Waals surface area contributed by atoms with Crippen LogP contribution >= 0.6 is 11.6 Å². The van der Waals surface area contributed by atoms with Crippen LogP contribution in [0.3, 0.4) is 0 Å². The number of benzene rings is 1.